The van der Waals surface area contributed by atoms with Gasteiger partial charge in [0.05, 0.1) is 6.42 Å². The van der Waals surface area contributed by atoms with Crippen molar-refractivity contribution >= 4 is 11.8 Å². The zero-order valence-corrected chi connectivity index (χ0v) is 17.1. The van der Waals surface area contributed by atoms with Crippen LogP contribution in [0.5, 0.6) is 0 Å². The molecule has 2 rings (SSSR count). The number of carbonyl (C=O) groups excluding carboxylic acids is 2. The third-order valence-corrected chi connectivity index (χ3v) is 4.83. The second kappa shape index (κ2) is 10.0. The number of halogens is 1. The van der Waals surface area contributed by atoms with Gasteiger partial charge >= 0.3 is 0 Å². The van der Waals surface area contributed by atoms with Crippen LogP contribution in [0, 0.1) is 19.7 Å². The van der Waals surface area contributed by atoms with Crippen molar-refractivity contribution in [2.24, 2.45) is 0 Å². The number of hydrogen-bond acceptors (Lipinski definition) is 2. The Kier molecular flexibility index (Phi) is 7.73. The van der Waals surface area contributed by atoms with Gasteiger partial charge in [0.2, 0.25) is 11.8 Å². The van der Waals surface area contributed by atoms with Crippen molar-refractivity contribution in [1.82, 2.24) is 10.2 Å². The molecule has 28 heavy (non-hydrogen) atoms. The molecule has 150 valence electrons. The average Bonchev–Trinajstić information content (AvgIpc) is 2.67. The lowest BCUT2D eigenvalue weighted by Crippen LogP contribution is -2.48. The van der Waals surface area contributed by atoms with Crippen molar-refractivity contribution in [3.8, 4) is 0 Å². The fourth-order valence-electron chi connectivity index (χ4n) is 3.02. The summed E-state index contributed by atoms with van der Waals surface area (Å²) in [5.41, 5.74) is 3.87. The summed E-state index contributed by atoms with van der Waals surface area (Å²) in [6.07, 6.45) is 1.05. The van der Waals surface area contributed by atoms with Gasteiger partial charge in [-0.2, -0.15) is 0 Å². The van der Waals surface area contributed by atoms with E-state index >= 15 is 0 Å². The van der Waals surface area contributed by atoms with Gasteiger partial charge in [-0.3, -0.25) is 9.59 Å². The summed E-state index contributed by atoms with van der Waals surface area (Å²) in [7, 11) is 0. The number of nitrogens with one attached hydrogen (secondary N) is 1. The summed E-state index contributed by atoms with van der Waals surface area (Å²) >= 11 is 0. The molecule has 0 heterocycles. The fourth-order valence-corrected chi connectivity index (χ4v) is 3.02. The standard InChI is InChI=1S/C23H29FN2O2/c1-5-12-25-23(28)18(4)26(15-19-8-10-21(24)11-9-19)22(27)14-20-13-16(2)6-7-17(20)3/h6-11,13,18H,5,12,14-15H2,1-4H3,(H,25,28). The zero-order chi connectivity index (χ0) is 20.7. The van der Waals surface area contributed by atoms with Gasteiger partial charge in [0, 0.05) is 13.1 Å². The maximum atomic E-state index is 13.2. The monoisotopic (exact) mass is 384 g/mol. The van der Waals surface area contributed by atoms with Crippen LogP contribution in [-0.2, 0) is 22.6 Å². The van der Waals surface area contributed by atoms with Gasteiger partial charge < -0.3 is 10.2 Å². The Balaban J connectivity index is 2.24. The molecule has 0 aliphatic heterocycles. The molecule has 0 saturated heterocycles. The molecular formula is C23H29FN2O2. The normalized spacial score (nSPS) is 11.8. The molecule has 0 aliphatic rings. The topological polar surface area (TPSA) is 49.4 Å². The molecule has 1 unspecified atom stereocenters. The van der Waals surface area contributed by atoms with Gasteiger partial charge in [-0.15, -0.1) is 0 Å². The summed E-state index contributed by atoms with van der Waals surface area (Å²) in [4.78, 5) is 27.2. The van der Waals surface area contributed by atoms with E-state index in [9.17, 15) is 14.0 Å². The highest BCUT2D eigenvalue weighted by atomic mass is 19.1. The molecule has 0 saturated carbocycles. The maximum absolute atomic E-state index is 13.2. The number of benzene rings is 2. The second-order valence-electron chi connectivity index (χ2n) is 7.22. The largest absolute Gasteiger partial charge is 0.354 e. The molecule has 4 nitrogen and oxygen atoms in total. The highest BCUT2D eigenvalue weighted by Crippen LogP contribution is 2.16. The minimum absolute atomic E-state index is 0.128. The summed E-state index contributed by atoms with van der Waals surface area (Å²) in [5, 5.41) is 2.85. The van der Waals surface area contributed by atoms with Crippen LogP contribution < -0.4 is 5.32 Å². The van der Waals surface area contributed by atoms with E-state index in [1.165, 1.54) is 12.1 Å². The first-order valence-corrected chi connectivity index (χ1v) is 9.69. The Morgan fingerprint density at radius 3 is 2.43 bits per heavy atom. The second-order valence-corrected chi connectivity index (χ2v) is 7.22. The Hall–Kier alpha value is -2.69. The van der Waals surface area contributed by atoms with E-state index < -0.39 is 6.04 Å². The Bertz CT molecular complexity index is 818. The minimum Gasteiger partial charge on any atom is -0.354 e. The van der Waals surface area contributed by atoms with Gasteiger partial charge in [-0.05, 0) is 56.0 Å². The molecule has 1 atom stereocenters. The minimum atomic E-state index is -0.616. The third kappa shape index (κ3) is 5.91. The average molecular weight is 384 g/mol. The number of nitrogens with zero attached hydrogens (tertiary/aromatic N) is 1. The Morgan fingerprint density at radius 1 is 1.11 bits per heavy atom. The first-order chi connectivity index (χ1) is 13.3. The molecule has 5 heteroatoms. The van der Waals surface area contributed by atoms with E-state index in [2.05, 4.69) is 5.32 Å². The SMILES string of the molecule is CCCNC(=O)C(C)N(Cc1ccc(F)cc1)C(=O)Cc1cc(C)ccc1C. The number of carbonyl (C=O) groups is 2. The van der Waals surface area contributed by atoms with Crippen molar-refractivity contribution in [3.05, 3.63) is 70.5 Å². The molecule has 2 aromatic carbocycles. The smallest absolute Gasteiger partial charge is 0.242 e. The van der Waals surface area contributed by atoms with Crippen LogP contribution in [0.1, 0.15) is 42.5 Å². The van der Waals surface area contributed by atoms with Crippen molar-refractivity contribution in [2.45, 2.75) is 53.1 Å². The van der Waals surface area contributed by atoms with Crippen LogP contribution in [-0.4, -0.2) is 29.3 Å². The van der Waals surface area contributed by atoms with Crippen LogP contribution >= 0.6 is 0 Å². The Morgan fingerprint density at radius 2 is 1.79 bits per heavy atom. The first kappa shape index (κ1) is 21.6. The lowest BCUT2D eigenvalue weighted by Gasteiger charge is -2.29. The lowest BCUT2D eigenvalue weighted by molar-refractivity contribution is -0.140. The van der Waals surface area contributed by atoms with E-state index in [0.717, 1.165) is 28.7 Å². The highest BCUT2D eigenvalue weighted by Gasteiger charge is 2.26. The van der Waals surface area contributed by atoms with Crippen LogP contribution in [0.25, 0.3) is 0 Å². The summed E-state index contributed by atoms with van der Waals surface area (Å²) in [6.45, 7) is 8.50. The van der Waals surface area contributed by atoms with Crippen molar-refractivity contribution < 1.29 is 14.0 Å². The van der Waals surface area contributed by atoms with Crippen molar-refractivity contribution in [2.75, 3.05) is 6.54 Å². The Labute approximate surface area is 166 Å². The van der Waals surface area contributed by atoms with Crippen LogP contribution in [0.3, 0.4) is 0 Å². The van der Waals surface area contributed by atoms with E-state index in [-0.39, 0.29) is 30.6 Å². The van der Waals surface area contributed by atoms with Crippen LogP contribution in [0.4, 0.5) is 4.39 Å². The maximum Gasteiger partial charge on any atom is 0.242 e. The lowest BCUT2D eigenvalue weighted by atomic mass is 10.0. The predicted octanol–water partition coefficient (Wildman–Crippen LogP) is 3.93. The molecule has 1 N–H and O–H groups in total. The van der Waals surface area contributed by atoms with E-state index in [1.54, 1.807) is 24.0 Å². The third-order valence-electron chi connectivity index (χ3n) is 4.83. The number of aryl methyl sites for hydroxylation is 2. The van der Waals surface area contributed by atoms with Crippen molar-refractivity contribution in [3.63, 3.8) is 0 Å². The molecule has 0 aromatic heterocycles. The van der Waals surface area contributed by atoms with E-state index in [4.69, 9.17) is 0 Å². The molecule has 0 spiro atoms. The summed E-state index contributed by atoms with van der Waals surface area (Å²) in [6, 6.07) is 11.4. The van der Waals surface area contributed by atoms with Gasteiger partial charge in [-0.1, -0.05) is 42.8 Å². The fraction of sp³-hybridized carbons (Fsp3) is 0.391. The number of rotatable bonds is 8. The van der Waals surface area contributed by atoms with Gasteiger partial charge in [0.25, 0.3) is 0 Å². The predicted molar refractivity (Wildman–Crippen MR) is 109 cm³/mol. The number of amides is 2. The van der Waals surface area contributed by atoms with Gasteiger partial charge in [-0.25, -0.2) is 4.39 Å². The quantitative estimate of drug-likeness (QED) is 0.750. The van der Waals surface area contributed by atoms with Crippen LogP contribution in [0.15, 0.2) is 42.5 Å². The van der Waals surface area contributed by atoms with Gasteiger partial charge in [0.1, 0.15) is 11.9 Å². The van der Waals surface area contributed by atoms with Crippen molar-refractivity contribution in [1.29, 1.82) is 0 Å². The highest BCUT2D eigenvalue weighted by molar-refractivity contribution is 5.88. The van der Waals surface area contributed by atoms with E-state index in [1.807, 2.05) is 39.0 Å². The molecule has 2 amide bonds. The molecule has 0 radical (unpaired) electrons. The first-order valence-electron chi connectivity index (χ1n) is 9.69. The van der Waals surface area contributed by atoms with Crippen LogP contribution in [0.2, 0.25) is 0 Å². The molecule has 0 bridgehead atoms. The van der Waals surface area contributed by atoms with Gasteiger partial charge in [0.15, 0.2) is 0 Å². The number of hydrogen-bond donors (Lipinski definition) is 1. The molecule has 2 aromatic rings. The van der Waals surface area contributed by atoms with E-state index in [0.29, 0.717) is 6.54 Å². The molecule has 0 aliphatic carbocycles. The summed E-state index contributed by atoms with van der Waals surface area (Å²) in [5.74, 6) is -0.638. The summed E-state index contributed by atoms with van der Waals surface area (Å²) < 4.78 is 13.2. The zero-order valence-electron chi connectivity index (χ0n) is 17.1. The molecular weight excluding hydrogens is 355 g/mol. The molecule has 0 fully saturated rings.